The molecule has 2 fully saturated rings. The van der Waals surface area contributed by atoms with E-state index in [0.717, 1.165) is 13.1 Å². The van der Waals surface area contributed by atoms with E-state index >= 15 is 0 Å². The summed E-state index contributed by atoms with van der Waals surface area (Å²) in [5, 5.41) is 0.942. The molecule has 1 aromatic carbocycles. The molecule has 0 N–H and O–H groups in total. The van der Waals surface area contributed by atoms with E-state index in [9.17, 15) is 4.79 Å². The van der Waals surface area contributed by atoms with Crippen LogP contribution in [-0.4, -0.2) is 54.3 Å². The van der Waals surface area contributed by atoms with Crippen molar-refractivity contribution in [2.75, 3.05) is 32.7 Å². The zero-order valence-electron chi connectivity index (χ0n) is 13.4. The number of hydrogen-bond donors (Lipinski definition) is 0. The number of rotatable bonds is 5. The number of likely N-dealkylation sites (tertiary alicyclic amines) is 2. The molecule has 0 radical (unpaired) electrons. The minimum absolute atomic E-state index is 0.136. The first-order chi connectivity index (χ1) is 11.1. The smallest absolute Gasteiger partial charge is 0.176 e. The lowest BCUT2D eigenvalue weighted by atomic mass is 10.00. The Bertz CT molecular complexity index is 558. The van der Waals surface area contributed by atoms with Gasteiger partial charge in [0.2, 0.25) is 0 Å². The van der Waals surface area contributed by atoms with Crippen molar-refractivity contribution >= 4 is 29.0 Å². The van der Waals surface area contributed by atoms with Crippen LogP contribution in [0, 0.1) is 0 Å². The fourth-order valence-electron chi connectivity index (χ4n) is 3.68. The standard InChI is InChI=1S/C18H24Cl2N2O/c19-16-7-6-14(11-17(16)20)18(23)13-22-10-2-1-5-15(22)12-21-8-3-4-9-21/h6-7,11,15H,1-5,8-10,12-13H2/t15-/m0/s1. The summed E-state index contributed by atoms with van der Waals surface area (Å²) < 4.78 is 0. The third kappa shape index (κ3) is 4.48. The van der Waals surface area contributed by atoms with Gasteiger partial charge in [0, 0.05) is 18.2 Å². The Hall–Kier alpha value is -0.610. The number of hydrogen-bond acceptors (Lipinski definition) is 3. The Balaban J connectivity index is 1.63. The third-order valence-corrected chi connectivity index (χ3v) is 5.74. The van der Waals surface area contributed by atoms with Crippen LogP contribution in [0.15, 0.2) is 18.2 Å². The molecular formula is C18H24Cl2N2O. The number of nitrogens with zero attached hydrogens (tertiary/aromatic N) is 2. The second-order valence-electron chi connectivity index (χ2n) is 6.68. The average Bonchev–Trinajstić information content (AvgIpc) is 3.05. The van der Waals surface area contributed by atoms with E-state index in [1.807, 2.05) is 0 Å². The molecule has 3 nitrogen and oxygen atoms in total. The maximum absolute atomic E-state index is 12.6. The number of halogens is 2. The van der Waals surface area contributed by atoms with Crippen molar-refractivity contribution in [3.8, 4) is 0 Å². The number of carbonyl (C=O) groups is 1. The zero-order chi connectivity index (χ0) is 16.2. The number of carbonyl (C=O) groups excluding carboxylic acids is 1. The summed E-state index contributed by atoms with van der Waals surface area (Å²) in [5.74, 6) is 0.136. The highest BCUT2D eigenvalue weighted by atomic mass is 35.5. The van der Waals surface area contributed by atoms with Crippen LogP contribution in [0.1, 0.15) is 42.5 Å². The Kier molecular flexibility index (Phi) is 5.97. The van der Waals surface area contributed by atoms with Gasteiger partial charge in [0.1, 0.15) is 0 Å². The molecule has 3 rings (SSSR count). The lowest BCUT2D eigenvalue weighted by Gasteiger charge is -2.37. The number of Topliss-reactive ketones (excluding diaryl/α,β-unsaturated/α-hetero) is 1. The van der Waals surface area contributed by atoms with Crippen LogP contribution in [0.2, 0.25) is 10.0 Å². The van der Waals surface area contributed by atoms with E-state index in [1.165, 1.54) is 45.2 Å². The Morgan fingerprint density at radius 3 is 2.52 bits per heavy atom. The third-order valence-electron chi connectivity index (χ3n) is 5.00. The molecule has 126 valence electrons. The Morgan fingerprint density at radius 2 is 1.78 bits per heavy atom. The summed E-state index contributed by atoms with van der Waals surface area (Å²) in [7, 11) is 0. The summed E-state index contributed by atoms with van der Waals surface area (Å²) in [6.45, 7) is 5.03. The van der Waals surface area contributed by atoms with Gasteiger partial charge in [-0.3, -0.25) is 9.69 Å². The second kappa shape index (κ2) is 7.98. The summed E-state index contributed by atoms with van der Waals surface area (Å²) in [6.07, 6.45) is 6.29. The van der Waals surface area contributed by atoms with Crippen molar-refractivity contribution in [1.29, 1.82) is 0 Å². The maximum atomic E-state index is 12.6. The number of ketones is 1. The first kappa shape index (κ1) is 17.2. The minimum atomic E-state index is 0.136. The van der Waals surface area contributed by atoms with Crippen LogP contribution in [-0.2, 0) is 0 Å². The average molecular weight is 355 g/mol. The quantitative estimate of drug-likeness (QED) is 0.742. The van der Waals surface area contributed by atoms with E-state index in [1.54, 1.807) is 18.2 Å². The SMILES string of the molecule is O=C(CN1CCCC[C@H]1CN1CCCC1)c1ccc(Cl)c(Cl)c1. The molecule has 5 heteroatoms. The maximum Gasteiger partial charge on any atom is 0.176 e. The fraction of sp³-hybridized carbons (Fsp3) is 0.611. The molecule has 2 saturated heterocycles. The summed E-state index contributed by atoms with van der Waals surface area (Å²) in [5.41, 5.74) is 0.657. The normalized spacial score (nSPS) is 23.3. The molecule has 23 heavy (non-hydrogen) atoms. The molecule has 1 atom stereocenters. The first-order valence-electron chi connectivity index (χ1n) is 8.58. The molecule has 0 unspecified atom stereocenters. The molecule has 2 heterocycles. The van der Waals surface area contributed by atoms with E-state index < -0.39 is 0 Å². The van der Waals surface area contributed by atoms with Gasteiger partial charge in [-0.2, -0.15) is 0 Å². The van der Waals surface area contributed by atoms with Crippen LogP contribution in [0.4, 0.5) is 0 Å². The van der Waals surface area contributed by atoms with Gasteiger partial charge >= 0.3 is 0 Å². The van der Waals surface area contributed by atoms with Crippen LogP contribution in [0.25, 0.3) is 0 Å². The molecule has 0 aromatic heterocycles. The van der Waals surface area contributed by atoms with Crippen LogP contribution in [0.5, 0.6) is 0 Å². The topological polar surface area (TPSA) is 23.6 Å². The van der Waals surface area contributed by atoms with Gasteiger partial charge in [0.05, 0.1) is 16.6 Å². The Morgan fingerprint density at radius 1 is 1.04 bits per heavy atom. The van der Waals surface area contributed by atoms with Crippen molar-refractivity contribution in [2.45, 2.75) is 38.1 Å². The van der Waals surface area contributed by atoms with Crippen LogP contribution >= 0.6 is 23.2 Å². The van der Waals surface area contributed by atoms with Crippen molar-refractivity contribution in [1.82, 2.24) is 9.80 Å². The van der Waals surface area contributed by atoms with Crippen molar-refractivity contribution < 1.29 is 4.79 Å². The van der Waals surface area contributed by atoms with Gasteiger partial charge in [-0.1, -0.05) is 29.6 Å². The van der Waals surface area contributed by atoms with E-state index in [2.05, 4.69) is 9.80 Å². The molecule has 0 spiro atoms. The predicted octanol–water partition coefficient (Wildman–Crippen LogP) is 4.13. The minimum Gasteiger partial charge on any atom is -0.302 e. The van der Waals surface area contributed by atoms with Gasteiger partial charge in [-0.25, -0.2) is 0 Å². The van der Waals surface area contributed by atoms with E-state index in [4.69, 9.17) is 23.2 Å². The molecule has 2 aliphatic heterocycles. The summed E-state index contributed by atoms with van der Waals surface area (Å²) in [4.78, 5) is 17.5. The number of benzene rings is 1. The monoisotopic (exact) mass is 354 g/mol. The van der Waals surface area contributed by atoms with Crippen LogP contribution in [0.3, 0.4) is 0 Å². The second-order valence-corrected chi connectivity index (χ2v) is 7.49. The largest absolute Gasteiger partial charge is 0.302 e. The lowest BCUT2D eigenvalue weighted by molar-refractivity contribution is 0.0785. The molecule has 0 amide bonds. The van der Waals surface area contributed by atoms with E-state index in [-0.39, 0.29) is 5.78 Å². The number of piperidine rings is 1. The summed E-state index contributed by atoms with van der Waals surface area (Å²) >= 11 is 12.0. The van der Waals surface area contributed by atoms with Crippen molar-refractivity contribution in [3.63, 3.8) is 0 Å². The molecule has 0 bridgehead atoms. The van der Waals surface area contributed by atoms with Gasteiger partial charge < -0.3 is 4.90 Å². The molecule has 0 saturated carbocycles. The van der Waals surface area contributed by atoms with Gasteiger partial charge in [-0.15, -0.1) is 0 Å². The highest BCUT2D eigenvalue weighted by Gasteiger charge is 2.27. The highest BCUT2D eigenvalue weighted by molar-refractivity contribution is 6.42. The molecule has 0 aliphatic carbocycles. The molecule has 2 aliphatic rings. The van der Waals surface area contributed by atoms with Crippen molar-refractivity contribution in [2.24, 2.45) is 0 Å². The molecular weight excluding hydrogens is 331 g/mol. The zero-order valence-corrected chi connectivity index (χ0v) is 15.0. The lowest BCUT2D eigenvalue weighted by Crippen LogP contribution is -2.48. The Labute approximate surface area is 148 Å². The predicted molar refractivity (Wildman–Crippen MR) is 95.7 cm³/mol. The first-order valence-corrected chi connectivity index (χ1v) is 9.34. The highest BCUT2D eigenvalue weighted by Crippen LogP contribution is 2.24. The molecule has 1 aromatic rings. The van der Waals surface area contributed by atoms with Crippen molar-refractivity contribution in [3.05, 3.63) is 33.8 Å². The van der Waals surface area contributed by atoms with Gasteiger partial charge in [-0.05, 0) is 63.5 Å². The van der Waals surface area contributed by atoms with E-state index in [0.29, 0.717) is 28.2 Å². The van der Waals surface area contributed by atoms with Gasteiger partial charge in [0.25, 0.3) is 0 Å². The fourth-order valence-corrected chi connectivity index (χ4v) is 3.98. The van der Waals surface area contributed by atoms with Crippen LogP contribution < -0.4 is 0 Å². The summed E-state index contributed by atoms with van der Waals surface area (Å²) in [6, 6.07) is 5.67. The van der Waals surface area contributed by atoms with Gasteiger partial charge in [0.15, 0.2) is 5.78 Å².